The highest BCUT2D eigenvalue weighted by Gasteiger charge is 2.23. The molecule has 0 bridgehead atoms. The molecular weight excluding hydrogens is 984 g/mol. The first-order chi connectivity index (χ1) is 38.0. The SMILES string of the molecule is CC/C=C\C/C=C\C/C=C\C/C=C\CCCCCCCCCCCCCCCCC(=O)NC(COP(=O)([O-])OCC[N+](C)(C)C)C(O)/C=C/CCCCCCCCCCCCCCCCCCCCCCCCCCCCC. The lowest BCUT2D eigenvalue weighted by atomic mass is 10.0. The molecule has 8 nitrogen and oxygen atoms in total. The molecule has 458 valence electrons. The Labute approximate surface area is 485 Å². The van der Waals surface area contributed by atoms with Crippen LogP contribution in [-0.4, -0.2) is 68.5 Å². The summed E-state index contributed by atoms with van der Waals surface area (Å²) in [6.45, 7) is 4.58. The molecule has 0 aromatic carbocycles. The monoisotopic (exact) mass is 1110 g/mol. The number of rotatable bonds is 62. The molecule has 3 atom stereocenters. The van der Waals surface area contributed by atoms with Crippen LogP contribution >= 0.6 is 7.82 Å². The zero-order valence-corrected chi connectivity index (χ0v) is 53.3. The summed E-state index contributed by atoms with van der Waals surface area (Å²) in [6.07, 6.45) is 81.9. The number of phosphoric acid groups is 1. The Morgan fingerprint density at radius 2 is 0.782 bits per heavy atom. The quantitative estimate of drug-likeness (QED) is 0.0272. The first-order valence-corrected chi connectivity index (χ1v) is 35.1. The minimum Gasteiger partial charge on any atom is -0.756 e. The predicted molar refractivity (Wildman–Crippen MR) is 339 cm³/mol. The van der Waals surface area contributed by atoms with Gasteiger partial charge in [-0.2, -0.15) is 0 Å². The molecule has 9 heteroatoms. The van der Waals surface area contributed by atoms with E-state index in [1.54, 1.807) is 6.08 Å². The van der Waals surface area contributed by atoms with Gasteiger partial charge >= 0.3 is 0 Å². The Balaban J connectivity index is 4.09. The van der Waals surface area contributed by atoms with Gasteiger partial charge in [-0.05, 0) is 57.8 Å². The van der Waals surface area contributed by atoms with Crippen LogP contribution in [0.4, 0.5) is 0 Å². The maximum atomic E-state index is 13.0. The Bertz CT molecular complexity index is 1450. The Morgan fingerprint density at radius 1 is 0.462 bits per heavy atom. The average Bonchev–Trinajstić information content (AvgIpc) is 3.41. The summed E-state index contributed by atoms with van der Waals surface area (Å²) in [5, 5.41) is 14.0. The predicted octanol–water partition coefficient (Wildman–Crippen LogP) is 20.6. The van der Waals surface area contributed by atoms with Gasteiger partial charge in [0.05, 0.1) is 39.9 Å². The van der Waals surface area contributed by atoms with Crippen LogP contribution in [0, 0.1) is 0 Å². The number of nitrogens with one attached hydrogen (secondary N) is 1. The standard InChI is InChI=1S/C69H131N2O6P/c1-6-8-10-12-14-16-18-20-22-24-26-28-30-32-34-35-37-38-40-42-44-46-48-50-52-54-56-58-60-62-68(72)67(66-77-78(74,75)76-65-64-71(3,4)5)70-69(73)63-61-59-57-55-53-51-49-47-45-43-41-39-36-33-31-29-27-25-23-21-19-17-15-13-11-9-7-2/h9,11,15,17,21,23,27,29,60,62,67-68,72H,6-8,10,12-14,16,18-20,22,24-26,28,30-59,61,63-66H2,1-5H3,(H-,70,73,74,75)/b11-9-,17-15-,23-21-,29-27-,62-60+. The first kappa shape index (κ1) is 76.2. The highest BCUT2D eigenvalue weighted by atomic mass is 31.2. The molecule has 0 radical (unpaired) electrons. The normalized spacial score (nSPS) is 14.1. The molecule has 0 aliphatic heterocycles. The zero-order chi connectivity index (χ0) is 57.0. The summed E-state index contributed by atoms with van der Waals surface area (Å²) in [6, 6.07) is -0.890. The lowest BCUT2D eigenvalue weighted by Gasteiger charge is -2.29. The van der Waals surface area contributed by atoms with Gasteiger partial charge in [0.1, 0.15) is 13.2 Å². The van der Waals surface area contributed by atoms with Gasteiger partial charge in [-0.1, -0.05) is 319 Å². The van der Waals surface area contributed by atoms with E-state index in [4.69, 9.17) is 9.05 Å². The van der Waals surface area contributed by atoms with E-state index in [0.717, 1.165) is 64.2 Å². The smallest absolute Gasteiger partial charge is 0.268 e. The number of hydrogen-bond donors (Lipinski definition) is 2. The van der Waals surface area contributed by atoms with Crippen LogP contribution in [0.25, 0.3) is 0 Å². The maximum Gasteiger partial charge on any atom is 0.268 e. The lowest BCUT2D eigenvalue weighted by Crippen LogP contribution is -2.45. The fraction of sp³-hybridized carbons (Fsp3) is 0.841. The van der Waals surface area contributed by atoms with Gasteiger partial charge in [-0.25, -0.2) is 0 Å². The molecule has 2 N–H and O–H groups in total. The fourth-order valence-electron chi connectivity index (χ4n) is 10.0. The fourth-order valence-corrected chi connectivity index (χ4v) is 10.8. The number of unbranched alkanes of at least 4 members (excludes halogenated alkanes) is 41. The van der Waals surface area contributed by atoms with Gasteiger partial charge in [0.25, 0.3) is 7.82 Å². The van der Waals surface area contributed by atoms with Crippen molar-refractivity contribution in [2.24, 2.45) is 0 Å². The van der Waals surface area contributed by atoms with Crippen molar-refractivity contribution in [1.29, 1.82) is 0 Å². The molecule has 0 heterocycles. The summed E-state index contributed by atoms with van der Waals surface area (Å²) in [7, 11) is 1.27. The van der Waals surface area contributed by atoms with Crippen molar-refractivity contribution in [2.75, 3.05) is 40.9 Å². The van der Waals surface area contributed by atoms with Crippen LogP contribution in [0.1, 0.15) is 322 Å². The molecule has 0 aliphatic carbocycles. The number of aliphatic hydroxyl groups is 1. The van der Waals surface area contributed by atoms with Gasteiger partial charge < -0.3 is 28.8 Å². The third-order valence-electron chi connectivity index (χ3n) is 15.2. The second-order valence-electron chi connectivity index (χ2n) is 24.2. The van der Waals surface area contributed by atoms with Crippen LogP contribution in [-0.2, 0) is 18.4 Å². The topological polar surface area (TPSA) is 108 Å². The van der Waals surface area contributed by atoms with Crippen molar-refractivity contribution in [3.05, 3.63) is 60.8 Å². The molecule has 0 rings (SSSR count). The summed E-state index contributed by atoms with van der Waals surface area (Å²) in [5.74, 6) is -0.195. The largest absolute Gasteiger partial charge is 0.756 e. The number of amides is 1. The van der Waals surface area contributed by atoms with E-state index in [1.807, 2.05) is 27.2 Å². The molecule has 78 heavy (non-hydrogen) atoms. The lowest BCUT2D eigenvalue weighted by molar-refractivity contribution is -0.870. The van der Waals surface area contributed by atoms with Crippen molar-refractivity contribution < 1.29 is 32.9 Å². The molecule has 0 aromatic rings. The van der Waals surface area contributed by atoms with Gasteiger partial charge in [0.15, 0.2) is 0 Å². The number of quaternary nitrogens is 1. The van der Waals surface area contributed by atoms with Crippen LogP contribution < -0.4 is 10.2 Å². The second-order valence-corrected chi connectivity index (χ2v) is 25.6. The number of aliphatic hydroxyl groups excluding tert-OH is 1. The Hall–Kier alpha value is -1.80. The molecule has 3 unspecified atom stereocenters. The van der Waals surface area contributed by atoms with Crippen LogP contribution in [0.15, 0.2) is 60.8 Å². The number of nitrogens with zero attached hydrogens (tertiary/aromatic N) is 1. The third kappa shape index (κ3) is 61.8. The minimum absolute atomic E-state index is 0.00160. The van der Waals surface area contributed by atoms with Crippen molar-refractivity contribution >= 4 is 13.7 Å². The molecule has 0 aromatic heterocycles. The van der Waals surface area contributed by atoms with Gasteiger partial charge in [-0.3, -0.25) is 9.36 Å². The molecule has 0 saturated carbocycles. The number of carbonyl (C=O) groups is 1. The highest BCUT2D eigenvalue weighted by Crippen LogP contribution is 2.38. The van der Waals surface area contributed by atoms with Gasteiger partial charge in [-0.15, -0.1) is 0 Å². The zero-order valence-electron chi connectivity index (χ0n) is 52.4. The van der Waals surface area contributed by atoms with E-state index in [0.29, 0.717) is 17.4 Å². The molecule has 1 amide bonds. The molecule has 0 fully saturated rings. The van der Waals surface area contributed by atoms with Crippen LogP contribution in [0.2, 0.25) is 0 Å². The average molecular weight is 1120 g/mol. The van der Waals surface area contributed by atoms with Crippen molar-refractivity contribution in [1.82, 2.24) is 5.32 Å². The summed E-state index contributed by atoms with van der Waals surface area (Å²) < 4.78 is 23.4. The molecule has 0 spiro atoms. The highest BCUT2D eigenvalue weighted by molar-refractivity contribution is 7.45. The second kappa shape index (κ2) is 59.8. The molecule has 0 aliphatic rings. The van der Waals surface area contributed by atoms with Gasteiger partial charge in [0.2, 0.25) is 5.91 Å². The Kier molecular flexibility index (Phi) is 58.4. The van der Waals surface area contributed by atoms with Gasteiger partial charge in [0, 0.05) is 6.42 Å². The van der Waals surface area contributed by atoms with Crippen LogP contribution in [0.5, 0.6) is 0 Å². The number of carbonyl (C=O) groups excluding carboxylic acids is 1. The van der Waals surface area contributed by atoms with E-state index >= 15 is 0 Å². The number of likely N-dealkylation sites (N-methyl/N-ethyl adjacent to an activating group) is 1. The van der Waals surface area contributed by atoms with E-state index in [1.165, 1.54) is 238 Å². The molecular formula is C69H131N2O6P. The Morgan fingerprint density at radius 3 is 1.14 bits per heavy atom. The number of hydrogen-bond acceptors (Lipinski definition) is 6. The van der Waals surface area contributed by atoms with Crippen LogP contribution in [0.3, 0.4) is 0 Å². The van der Waals surface area contributed by atoms with Crippen molar-refractivity contribution in [3.63, 3.8) is 0 Å². The van der Waals surface area contributed by atoms with E-state index < -0.39 is 20.0 Å². The van der Waals surface area contributed by atoms with E-state index in [9.17, 15) is 19.4 Å². The van der Waals surface area contributed by atoms with E-state index in [2.05, 4.69) is 67.8 Å². The third-order valence-corrected chi connectivity index (χ3v) is 16.2. The summed E-state index contributed by atoms with van der Waals surface area (Å²) in [4.78, 5) is 25.6. The maximum absolute atomic E-state index is 13.0. The van der Waals surface area contributed by atoms with Crippen molar-refractivity contribution in [2.45, 2.75) is 334 Å². The van der Waals surface area contributed by atoms with E-state index in [-0.39, 0.29) is 19.1 Å². The molecule has 0 saturated heterocycles. The number of phosphoric ester groups is 1. The van der Waals surface area contributed by atoms with Crippen molar-refractivity contribution in [3.8, 4) is 0 Å². The first-order valence-electron chi connectivity index (χ1n) is 33.7. The summed E-state index contributed by atoms with van der Waals surface area (Å²) >= 11 is 0. The minimum atomic E-state index is -4.60. The number of allylic oxidation sites excluding steroid dienone is 9. The summed E-state index contributed by atoms with van der Waals surface area (Å²) in [5.41, 5.74) is 0.